The van der Waals surface area contributed by atoms with Gasteiger partial charge >= 0.3 is 0 Å². The van der Waals surface area contributed by atoms with Gasteiger partial charge < -0.3 is 15.4 Å². The molecule has 9 heteroatoms. The fraction of sp³-hybridized carbons (Fsp3) is 0.333. The van der Waals surface area contributed by atoms with Crippen LogP contribution in [-0.2, 0) is 19.6 Å². The lowest BCUT2D eigenvalue weighted by Gasteiger charge is -2.18. The maximum absolute atomic E-state index is 12.6. The molecule has 1 saturated heterocycles. The summed E-state index contributed by atoms with van der Waals surface area (Å²) in [6.45, 7) is 0.717. The Morgan fingerprint density at radius 2 is 1.80 bits per heavy atom. The molecule has 1 fully saturated rings. The summed E-state index contributed by atoms with van der Waals surface area (Å²) in [4.78, 5) is 25.1. The van der Waals surface area contributed by atoms with Gasteiger partial charge in [0.1, 0.15) is 0 Å². The number of carbonyl (C=O) groups excluding carboxylic acids is 2. The van der Waals surface area contributed by atoms with Gasteiger partial charge in [-0.3, -0.25) is 9.59 Å². The molecule has 2 aromatic carbocycles. The first-order chi connectivity index (χ1) is 14.4. The van der Waals surface area contributed by atoms with Gasteiger partial charge in [-0.15, -0.1) is 0 Å². The number of amides is 2. The van der Waals surface area contributed by atoms with Gasteiger partial charge in [-0.2, -0.15) is 4.31 Å². The molecule has 2 aromatic rings. The second kappa shape index (κ2) is 9.84. The number of likely N-dealkylation sites (N-methyl/N-ethyl adjacent to an activating group) is 1. The summed E-state index contributed by atoms with van der Waals surface area (Å²) < 4.78 is 31.6. The van der Waals surface area contributed by atoms with Crippen LogP contribution < -0.4 is 10.6 Å². The van der Waals surface area contributed by atoms with E-state index in [9.17, 15) is 18.0 Å². The van der Waals surface area contributed by atoms with Crippen molar-refractivity contribution in [3.63, 3.8) is 0 Å². The number of ether oxygens (including phenoxy) is 1. The minimum Gasteiger partial charge on any atom is -0.376 e. The van der Waals surface area contributed by atoms with Crippen LogP contribution >= 0.6 is 0 Å². The number of hydrogen-bond donors (Lipinski definition) is 2. The molecule has 0 saturated carbocycles. The molecule has 0 radical (unpaired) electrons. The van der Waals surface area contributed by atoms with E-state index in [4.69, 9.17) is 4.74 Å². The smallest absolute Gasteiger partial charge is 0.253 e. The van der Waals surface area contributed by atoms with Crippen LogP contribution in [0.4, 0.5) is 5.69 Å². The number of sulfonamides is 1. The van der Waals surface area contributed by atoms with Gasteiger partial charge in [-0.05, 0) is 37.1 Å². The van der Waals surface area contributed by atoms with E-state index < -0.39 is 15.9 Å². The Morgan fingerprint density at radius 1 is 1.10 bits per heavy atom. The third-order valence-electron chi connectivity index (χ3n) is 4.78. The highest BCUT2D eigenvalue weighted by Crippen LogP contribution is 2.17. The number of anilines is 1. The molecular formula is C21H25N3O5S. The molecule has 1 unspecified atom stereocenters. The third-order valence-corrected chi connectivity index (χ3v) is 6.60. The van der Waals surface area contributed by atoms with E-state index in [0.29, 0.717) is 24.4 Å². The zero-order valence-corrected chi connectivity index (χ0v) is 17.5. The van der Waals surface area contributed by atoms with Crippen molar-refractivity contribution in [3.05, 3.63) is 60.2 Å². The molecule has 30 heavy (non-hydrogen) atoms. The minimum atomic E-state index is -3.79. The predicted molar refractivity (Wildman–Crippen MR) is 113 cm³/mol. The summed E-state index contributed by atoms with van der Waals surface area (Å²) in [6, 6.07) is 14.5. The van der Waals surface area contributed by atoms with Gasteiger partial charge in [0.05, 0.1) is 28.8 Å². The molecule has 1 aliphatic rings. The number of nitrogens with one attached hydrogen (secondary N) is 2. The Labute approximate surface area is 176 Å². The fourth-order valence-corrected chi connectivity index (χ4v) is 4.29. The molecule has 0 spiro atoms. The van der Waals surface area contributed by atoms with Crippen LogP contribution in [0.5, 0.6) is 0 Å². The molecule has 1 aliphatic heterocycles. The molecule has 160 valence electrons. The van der Waals surface area contributed by atoms with Crippen LogP contribution in [0.25, 0.3) is 0 Å². The average molecular weight is 432 g/mol. The normalized spacial score (nSPS) is 16.4. The highest BCUT2D eigenvalue weighted by molar-refractivity contribution is 7.89. The number of hydrogen-bond acceptors (Lipinski definition) is 5. The zero-order valence-electron chi connectivity index (χ0n) is 16.7. The Bertz CT molecular complexity index is 989. The number of carbonyl (C=O) groups is 2. The summed E-state index contributed by atoms with van der Waals surface area (Å²) >= 11 is 0. The predicted octanol–water partition coefficient (Wildman–Crippen LogP) is 1.85. The second-order valence-corrected chi connectivity index (χ2v) is 9.06. The number of rotatable bonds is 8. The summed E-state index contributed by atoms with van der Waals surface area (Å²) in [5.41, 5.74) is 0.621. The molecular weight excluding hydrogens is 406 g/mol. The maximum atomic E-state index is 12.6. The molecule has 3 rings (SSSR count). The molecule has 0 aliphatic carbocycles. The van der Waals surface area contributed by atoms with E-state index >= 15 is 0 Å². The molecule has 2 amide bonds. The number of nitrogens with zero attached hydrogens (tertiary/aromatic N) is 1. The van der Waals surface area contributed by atoms with Crippen molar-refractivity contribution >= 4 is 27.5 Å². The van der Waals surface area contributed by atoms with E-state index in [0.717, 1.165) is 17.1 Å². The lowest BCUT2D eigenvalue weighted by Crippen LogP contribution is -2.36. The van der Waals surface area contributed by atoms with Crippen LogP contribution in [0.3, 0.4) is 0 Å². The first-order valence-corrected chi connectivity index (χ1v) is 11.1. The van der Waals surface area contributed by atoms with Gasteiger partial charge in [-0.25, -0.2) is 8.42 Å². The molecule has 2 N–H and O–H groups in total. The van der Waals surface area contributed by atoms with Crippen molar-refractivity contribution < 1.29 is 22.7 Å². The van der Waals surface area contributed by atoms with Crippen molar-refractivity contribution in [2.75, 3.05) is 32.1 Å². The Kier molecular flexibility index (Phi) is 7.20. The first kappa shape index (κ1) is 21.9. The monoisotopic (exact) mass is 431 g/mol. The topological polar surface area (TPSA) is 105 Å². The van der Waals surface area contributed by atoms with Gasteiger partial charge in [0, 0.05) is 20.2 Å². The first-order valence-electron chi connectivity index (χ1n) is 9.68. The summed E-state index contributed by atoms with van der Waals surface area (Å²) in [5, 5.41) is 5.46. The standard InChI is InChI=1S/C21H25N3O5S/c1-24(30(27,28)17-9-3-2-4-10-17)15-20(25)23-19-12-6-5-11-18(19)21(26)22-14-16-8-7-13-29-16/h2-6,9-12,16H,7-8,13-15H2,1H3,(H,22,26)(H,23,25). The average Bonchev–Trinajstić information content (AvgIpc) is 3.26. The maximum Gasteiger partial charge on any atom is 0.253 e. The van der Waals surface area contributed by atoms with E-state index in [2.05, 4.69) is 10.6 Å². The third kappa shape index (κ3) is 5.44. The van der Waals surface area contributed by atoms with E-state index in [-0.39, 0.29) is 23.5 Å². The van der Waals surface area contributed by atoms with E-state index in [1.54, 1.807) is 42.5 Å². The molecule has 0 bridgehead atoms. The lowest BCUT2D eigenvalue weighted by atomic mass is 10.1. The molecule has 0 aromatic heterocycles. The van der Waals surface area contributed by atoms with Gasteiger partial charge in [0.2, 0.25) is 15.9 Å². The van der Waals surface area contributed by atoms with Crippen molar-refractivity contribution in [2.45, 2.75) is 23.8 Å². The zero-order chi connectivity index (χ0) is 21.6. The van der Waals surface area contributed by atoms with Crippen molar-refractivity contribution in [3.8, 4) is 0 Å². The van der Waals surface area contributed by atoms with Crippen molar-refractivity contribution in [1.82, 2.24) is 9.62 Å². The molecule has 1 heterocycles. The SMILES string of the molecule is CN(CC(=O)Nc1ccccc1C(=O)NCC1CCCO1)S(=O)(=O)c1ccccc1. The Morgan fingerprint density at radius 3 is 2.50 bits per heavy atom. The van der Waals surface area contributed by atoms with Gasteiger partial charge in [0.15, 0.2) is 0 Å². The van der Waals surface area contributed by atoms with Crippen LogP contribution in [0.15, 0.2) is 59.5 Å². The van der Waals surface area contributed by atoms with Crippen molar-refractivity contribution in [2.24, 2.45) is 0 Å². The van der Waals surface area contributed by atoms with E-state index in [1.165, 1.54) is 19.2 Å². The highest BCUT2D eigenvalue weighted by atomic mass is 32.2. The summed E-state index contributed by atoms with van der Waals surface area (Å²) in [7, 11) is -2.46. The molecule has 1 atom stereocenters. The molecule has 8 nitrogen and oxygen atoms in total. The second-order valence-electron chi connectivity index (χ2n) is 7.01. The Hall–Kier alpha value is -2.75. The quantitative estimate of drug-likeness (QED) is 0.664. The van der Waals surface area contributed by atoms with E-state index in [1.807, 2.05) is 0 Å². The van der Waals surface area contributed by atoms with Gasteiger partial charge in [0.25, 0.3) is 5.91 Å². The minimum absolute atomic E-state index is 0.00699. The number of para-hydroxylation sites is 1. The van der Waals surface area contributed by atoms with Crippen LogP contribution in [-0.4, -0.2) is 57.4 Å². The van der Waals surface area contributed by atoms with Crippen LogP contribution in [0.2, 0.25) is 0 Å². The largest absolute Gasteiger partial charge is 0.376 e. The lowest BCUT2D eigenvalue weighted by molar-refractivity contribution is -0.116. The summed E-state index contributed by atoms with van der Waals surface area (Å²) in [5.74, 6) is -0.872. The van der Waals surface area contributed by atoms with Crippen LogP contribution in [0, 0.1) is 0 Å². The van der Waals surface area contributed by atoms with Crippen molar-refractivity contribution in [1.29, 1.82) is 0 Å². The summed E-state index contributed by atoms with van der Waals surface area (Å²) in [6.07, 6.45) is 1.89. The Balaban J connectivity index is 1.63. The van der Waals surface area contributed by atoms with Crippen LogP contribution in [0.1, 0.15) is 23.2 Å². The number of benzene rings is 2. The highest BCUT2D eigenvalue weighted by Gasteiger charge is 2.23. The van der Waals surface area contributed by atoms with Gasteiger partial charge in [-0.1, -0.05) is 30.3 Å². The fourth-order valence-electron chi connectivity index (χ4n) is 3.15.